The molecule has 0 saturated carbocycles. The monoisotopic (exact) mass is 872 g/mol. The molecule has 55 heavy (non-hydrogen) atoms. The van der Waals surface area contributed by atoms with Crippen molar-refractivity contribution in [2.75, 3.05) is 52.4 Å². The van der Waals surface area contributed by atoms with Gasteiger partial charge in [-0.1, -0.05) is 70.8 Å². The minimum absolute atomic E-state index is 0.237. The van der Waals surface area contributed by atoms with Crippen LogP contribution in [-0.4, -0.2) is 43.4 Å². The SMILES string of the molecule is CC(=O)OC[CH]=[Ru]([Cl])[Cl].Cc1cc(C)c(N2[CH-]N(c3c(C)cc(C)cc3C)CC2)c(C)c1.Cc1cc(C)c(N2[CH-]N(c3c(C)cc(C)cc3C)CC2)c(C)c1. The van der Waals surface area contributed by atoms with Gasteiger partial charge in [0.25, 0.3) is 0 Å². The van der Waals surface area contributed by atoms with E-state index in [9.17, 15) is 4.79 Å². The van der Waals surface area contributed by atoms with Crippen LogP contribution in [0.2, 0.25) is 0 Å². The molecular formula is C46H60Cl2N4O2Ru-2. The van der Waals surface area contributed by atoms with Gasteiger partial charge in [0.05, 0.1) is 0 Å². The molecule has 0 radical (unpaired) electrons. The maximum Gasteiger partial charge on any atom is 0.0146 e. The summed E-state index contributed by atoms with van der Waals surface area (Å²) in [4.78, 5) is 19.7. The molecule has 6 nitrogen and oxygen atoms in total. The molecule has 0 unspecified atom stereocenters. The Morgan fingerprint density at radius 1 is 0.527 bits per heavy atom. The number of rotatable bonds is 6. The van der Waals surface area contributed by atoms with Crippen LogP contribution in [0.25, 0.3) is 0 Å². The summed E-state index contributed by atoms with van der Waals surface area (Å²) in [5, 5.41) is 0. The fourth-order valence-electron chi connectivity index (χ4n) is 8.37. The van der Waals surface area contributed by atoms with Gasteiger partial charge in [-0.3, -0.25) is 0 Å². The van der Waals surface area contributed by atoms with E-state index >= 15 is 0 Å². The number of ether oxygens (including phenoxy) is 1. The number of halogens is 2. The number of hydrogen-bond donors (Lipinski definition) is 0. The predicted molar refractivity (Wildman–Crippen MR) is 235 cm³/mol. The molecule has 2 heterocycles. The zero-order chi connectivity index (χ0) is 40.7. The summed E-state index contributed by atoms with van der Waals surface area (Å²) < 4.78 is 6.15. The Hall–Kier alpha value is -3.38. The average Bonchev–Trinajstić information content (AvgIpc) is 3.70. The summed E-state index contributed by atoms with van der Waals surface area (Å²) in [5.74, 6) is -0.310. The number of carbonyl (C=O) groups is 1. The predicted octanol–water partition coefficient (Wildman–Crippen LogP) is 11.2. The van der Waals surface area contributed by atoms with Crippen molar-refractivity contribution < 1.29 is 23.0 Å². The van der Waals surface area contributed by atoms with Crippen molar-refractivity contribution in [3.05, 3.63) is 129 Å². The summed E-state index contributed by atoms with van der Waals surface area (Å²) in [5.41, 5.74) is 21.7. The Morgan fingerprint density at radius 2 is 0.745 bits per heavy atom. The van der Waals surface area contributed by atoms with Crippen LogP contribution in [-0.2, 0) is 23.0 Å². The molecule has 9 heteroatoms. The van der Waals surface area contributed by atoms with Crippen molar-refractivity contribution >= 4 is 52.7 Å². The Bertz CT molecular complexity index is 1690. The number of benzene rings is 4. The molecule has 2 aliphatic rings. The molecule has 0 aromatic heterocycles. The molecule has 300 valence electrons. The van der Waals surface area contributed by atoms with Gasteiger partial charge in [-0.2, -0.15) is 13.3 Å². The number of esters is 1. The third kappa shape index (κ3) is 11.8. The molecule has 4 aromatic carbocycles. The van der Waals surface area contributed by atoms with Crippen molar-refractivity contribution in [2.24, 2.45) is 0 Å². The maximum absolute atomic E-state index is 10.1. The van der Waals surface area contributed by atoms with E-state index in [0.29, 0.717) is 0 Å². The second-order valence-corrected chi connectivity index (χ2v) is 21.1. The number of nitrogens with zero attached hydrogens (tertiary/aromatic N) is 4. The first-order chi connectivity index (χ1) is 25.9. The topological polar surface area (TPSA) is 39.3 Å². The van der Waals surface area contributed by atoms with E-state index in [2.05, 4.69) is 169 Å². The molecule has 0 atom stereocenters. The van der Waals surface area contributed by atoms with Crippen LogP contribution in [0.5, 0.6) is 0 Å². The first kappa shape index (κ1) is 44.3. The molecular weight excluding hydrogens is 813 g/mol. The summed E-state index contributed by atoms with van der Waals surface area (Å²) in [6.45, 7) is 36.7. The molecule has 0 amide bonds. The second kappa shape index (κ2) is 19.7. The van der Waals surface area contributed by atoms with Crippen molar-refractivity contribution in [3.8, 4) is 0 Å². The Balaban J connectivity index is 0.000000201. The molecule has 4 aromatic rings. The largest absolute Gasteiger partial charge is 0.502 e. The zero-order valence-corrected chi connectivity index (χ0v) is 38.4. The van der Waals surface area contributed by atoms with Crippen molar-refractivity contribution in [3.63, 3.8) is 0 Å². The molecule has 0 spiro atoms. The summed E-state index contributed by atoms with van der Waals surface area (Å²) >= 11 is -1.72. The van der Waals surface area contributed by atoms with Gasteiger partial charge in [0.2, 0.25) is 0 Å². The van der Waals surface area contributed by atoms with Crippen LogP contribution >= 0.6 is 19.4 Å². The smallest absolute Gasteiger partial charge is 0.0146 e. The van der Waals surface area contributed by atoms with E-state index in [1.54, 1.807) is 4.61 Å². The van der Waals surface area contributed by atoms with Gasteiger partial charge >= 0.3 is 66.5 Å². The fraction of sp³-hybridized carbons (Fsp3) is 0.391. The van der Waals surface area contributed by atoms with E-state index in [4.69, 9.17) is 19.4 Å². The van der Waals surface area contributed by atoms with E-state index in [1.807, 2.05) is 0 Å². The number of hydrogen-bond acceptors (Lipinski definition) is 6. The Labute approximate surface area is 344 Å². The van der Waals surface area contributed by atoms with Gasteiger partial charge < -0.3 is 19.6 Å². The van der Waals surface area contributed by atoms with Gasteiger partial charge in [-0.25, -0.2) is 0 Å². The van der Waals surface area contributed by atoms with Crippen LogP contribution < -0.4 is 19.6 Å². The summed E-state index contributed by atoms with van der Waals surface area (Å²) in [7, 11) is 10.8. The molecule has 0 bridgehead atoms. The van der Waals surface area contributed by atoms with E-state index < -0.39 is 13.5 Å². The second-order valence-electron chi connectivity index (χ2n) is 15.1. The maximum atomic E-state index is 10.1. The third-order valence-electron chi connectivity index (χ3n) is 9.87. The standard InChI is InChI=1S/2C21H27N2.C4H6O2.2ClH.Ru/c2*1-14-9-16(3)20(17(4)10-14)22-7-8-23(13-22)21-18(5)11-15(2)12-19(21)6;1-3-6-4(2)5;;;/h2*9-13H,7-8H2,1-6H3;1H,3H2,2H3;2*1H;/q2*-1;;;;+2/p-2. The van der Waals surface area contributed by atoms with E-state index in [1.165, 1.54) is 96.4 Å². The van der Waals surface area contributed by atoms with Crippen LogP contribution in [0, 0.1) is 96.4 Å². The Morgan fingerprint density at radius 3 is 0.927 bits per heavy atom. The van der Waals surface area contributed by atoms with Gasteiger partial charge in [0.15, 0.2) is 0 Å². The zero-order valence-electron chi connectivity index (χ0n) is 35.1. The van der Waals surface area contributed by atoms with Crippen molar-refractivity contribution in [1.82, 2.24) is 0 Å². The first-order valence-electron chi connectivity index (χ1n) is 18.9. The summed E-state index contributed by atoms with van der Waals surface area (Å²) in [6.07, 6.45) is 0. The number of carbonyl (C=O) groups excluding carboxylic acids is 1. The molecule has 2 aliphatic heterocycles. The normalized spacial score (nSPS) is 14.0. The fourth-order valence-corrected chi connectivity index (χ4v) is 9.26. The minimum atomic E-state index is -1.72. The van der Waals surface area contributed by atoms with Crippen LogP contribution in [0.1, 0.15) is 73.7 Å². The first-order valence-corrected chi connectivity index (χ1v) is 24.4. The number of aryl methyl sites for hydroxylation is 12. The van der Waals surface area contributed by atoms with Crippen LogP contribution in [0.3, 0.4) is 0 Å². The summed E-state index contributed by atoms with van der Waals surface area (Å²) in [6, 6.07) is 18.2. The van der Waals surface area contributed by atoms with Crippen LogP contribution in [0.4, 0.5) is 22.7 Å². The molecule has 0 N–H and O–H groups in total. The van der Waals surface area contributed by atoms with Gasteiger partial charge in [-0.05, 0) is 128 Å². The molecule has 2 saturated heterocycles. The third-order valence-corrected chi connectivity index (χ3v) is 12.0. The van der Waals surface area contributed by atoms with Crippen molar-refractivity contribution in [1.29, 1.82) is 0 Å². The quantitative estimate of drug-likeness (QED) is 0.109. The van der Waals surface area contributed by atoms with Crippen molar-refractivity contribution in [2.45, 2.75) is 90.0 Å². The Kier molecular flexibility index (Phi) is 15.9. The van der Waals surface area contributed by atoms with E-state index in [-0.39, 0.29) is 12.6 Å². The molecule has 0 aliphatic carbocycles. The van der Waals surface area contributed by atoms with Gasteiger partial charge in [0, 0.05) is 48.9 Å². The van der Waals surface area contributed by atoms with Gasteiger partial charge in [-0.15, -0.1) is 0 Å². The average molecular weight is 873 g/mol. The molecule has 2 fully saturated rings. The molecule has 6 rings (SSSR count). The minimum Gasteiger partial charge on any atom is -0.502 e. The van der Waals surface area contributed by atoms with E-state index in [0.717, 1.165) is 26.2 Å². The van der Waals surface area contributed by atoms with Crippen LogP contribution in [0.15, 0.2) is 48.5 Å². The van der Waals surface area contributed by atoms with Gasteiger partial charge in [0.1, 0.15) is 0 Å². The number of anilines is 4.